The number of aliphatic hydroxyl groups excluding tert-OH is 2. The number of hydrogen-bond acceptors (Lipinski definition) is 3. The summed E-state index contributed by atoms with van der Waals surface area (Å²) < 4.78 is 0. The van der Waals surface area contributed by atoms with E-state index in [4.69, 9.17) is 0 Å². The Morgan fingerprint density at radius 3 is 2.41 bits per heavy atom. The molecule has 0 radical (unpaired) electrons. The summed E-state index contributed by atoms with van der Waals surface area (Å²) >= 11 is 0. The molecular formula is C19H34O3. The summed E-state index contributed by atoms with van der Waals surface area (Å²) in [6, 6.07) is 0. The van der Waals surface area contributed by atoms with Crippen LogP contribution in [0, 0.1) is 17.8 Å². The molecule has 22 heavy (non-hydrogen) atoms. The van der Waals surface area contributed by atoms with Crippen molar-refractivity contribution in [1.29, 1.82) is 0 Å². The van der Waals surface area contributed by atoms with E-state index < -0.39 is 0 Å². The van der Waals surface area contributed by atoms with E-state index in [-0.39, 0.29) is 24.0 Å². The van der Waals surface area contributed by atoms with E-state index in [9.17, 15) is 15.0 Å². The van der Waals surface area contributed by atoms with Crippen molar-refractivity contribution in [2.45, 2.75) is 96.2 Å². The van der Waals surface area contributed by atoms with Crippen LogP contribution >= 0.6 is 0 Å². The van der Waals surface area contributed by atoms with Crippen LogP contribution in [0.2, 0.25) is 0 Å². The van der Waals surface area contributed by atoms with Gasteiger partial charge in [0.25, 0.3) is 0 Å². The fourth-order valence-electron chi connectivity index (χ4n) is 4.35. The van der Waals surface area contributed by atoms with Gasteiger partial charge >= 0.3 is 0 Å². The SMILES string of the molecule is CCCCCCCCCC(O)CCC1C(O)CC2C(=O)CC21. The second-order valence-electron chi connectivity index (χ2n) is 7.55. The number of hydrogen-bond donors (Lipinski definition) is 2. The lowest BCUT2D eigenvalue weighted by Crippen LogP contribution is -2.36. The highest BCUT2D eigenvalue weighted by Gasteiger charge is 2.52. The molecule has 2 fully saturated rings. The van der Waals surface area contributed by atoms with Gasteiger partial charge in [0.2, 0.25) is 0 Å². The van der Waals surface area contributed by atoms with Gasteiger partial charge in [-0.15, -0.1) is 0 Å². The number of fused-ring (bicyclic) bond motifs is 1. The average molecular weight is 310 g/mol. The first kappa shape index (κ1) is 17.9. The molecule has 0 aromatic carbocycles. The van der Waals surface area contributed by atoms with Crippen molar-refractivity contribution in [3.05, 3.63) is 0 Å². The number of ketones is 1. The van der Waals surface area contributed by atoms with Crippen molar-refractivity contribution < 1.29 is 15.0 Å². The standard InChI is InChI=1S/C19H34O3/c1-2-3-4-5-6-7-8-9-14(20)10-11-15-16-12-19(22)17(16)13-18(15)21/h14-18,20-21H,2-13H2,1H3. The van der Waals surface area contributed by atoms with E-state index >= 15 is 0 Å². The van der Waals surface area contributed by atoms with Gasteiger partial charge in [-0.1, -0.05) is 51.9 Å². The van der Waals surface area contributed by atoms with Gasteiger partial charge in [0.1, 0.15) is 5.78 Å². The van der Waals surface area contributed by atoms with Crippen LogP contribution in [0.5, 0.6) is 0 Å². The summed E-state index contributed by atoms with van der Waals surface area (Å²) in [5, 5.41) is 20.2. The Kier molecular flexibility index (Phi) is 7.36. The molecule has 2 aliphatic rings. The van der Waals surface area contributed by atoms with Crippen LogP contribution in [0.1, 0.15) is 84.0 Å². The third-order valence-corrected chi connectivity index (χ3v) is 5.88. The molecule has 2 saturated carbocycles. The molecule has 0 spiro atoms. The number of carbonyl (C=O) groups is 1. The lowest BCUT2D eigenvalue weighted by Gasteiger charge is -2.32. The number of aliphatic hydroxyl groups is 2. The van der Waals surface area contributed by atoms with Gasteiger partial charge in [0.05, 0.1) is 12.2 Å². The molecule has 5 unspecified atom stereocenters. The van der Waals surface area contributed by atoms with E-state index in [1.54, 1.807) is 0 Å². The van der Waals surface area contributed by atoms with Crippen molar-refractivity contribution in [3.63, 3.8) is 0 Å². The predicted octanol–water partition coefficient (Wildman–Crippen LogP) is 3.85. The monoisotopic (exact) mass is 310 g/mol. The maximum atomic E-state index is 11.4. The average Bonchev–Trinajstić information content (AvgIpc) is 2.75. The van der Waals surface area contributed by atoms with Crippen molar-refractivity contribution in [2.75, 3.05) is 0 Å². The van der Waals surface area contributed by atoms with Crippen molar-refractivity contribution in [1.82, 2.24) is 0 Å². The van der Waals surface area contributed by atoms with Crippen molar-refractivity contribution in [3.8, 4) is 0 Å². The molecule has 0 heterocycles. The molecule has 3 heteroatoms. The molecule has 2 rings (SSSR count). The molecule has 3 nitrogen and oxygen atoms in total. The Morgan fingerprint density at radius 2 is 1.77 bits per heavy atom. The second kappa shape index (κ2) is 9.02. The van der Waals surface area contributed by atoms with Crippen LogP contribution in [0.3, 0.4) is 0 Å². The summed E-state index contributed by atoms with van der Waals surface area (Å²) in [6.07, 6.45) is 12.3. The zero-order valence-corrected chi connectivity index (χ0v) is 14.2. The lowest BCUT2D eigenvalue weighted by molar-refractivity contribution is -0.133. The molecule has 0 aromatic rings. The summed E-state index contributed by atoms with van der Waals surface area (Å²) in [5.41, 5.74) is 0. The molecule has 0 aromatic heterocycles. The van der Waals surface area contributed by atoms with E-state index in [0.29, 0.717) is 24.5 Å². The highest BCUT2D eigenvalue weighted by Crippen LogP contribution is 2.49. The van der Waals surface area contributed by atoms with Gasteiger partial charge in [-0.3, -0.25) is 4.79 Å². The van der Waals surface area contributed by atoms with E-state index in [0.717, 1.165) is 25.7 Å². The fourth-order valence-corrected chi connectivity index (χ4v) is 4.35. The Morgan fingerprint density at radius 1 is 1.09 bits per heavy atom. The summed E-state index contributed by atoms with van der Waals surface area (Å²) in [5.74, 6) is 1.15. The zero-order valence-electron chi connectivity index (χ0n) is 14.2. The van der Waals surface area contributed by atoms with Gasteiger partial charge in [-0.25, -0.2) is 0 Å². The lowest BCUT2D eigenvalue weighted by atomic mass is 9.70. The van der Waals surface area contributed by atoms with E-state index in [1.165, 1.54) is 38.5 Å². The number of Topliss-reactive ketones (excluding diaryl/α,β-unsaturated/α-hetero) is 1. The van der Waals surface area contributed by atoms with Gasteiger partial charge in [-0.05, 0) is 37.5 Å². The first-order valence-corrected chi connectivity index (χ1v) is 9.52. The third kappa shape index (κ3) is 4.79. The number of rotatable bonds is 11. The normalized spacial score (nSPS) is 31.9. The molecule has 5 atom stereocenters. The maximum Gasteiger partial charge on any atom is 0.136 e. The molecule has 0 bridgehead atoms. The van der Waals surface area contributed by atoms with Crippen LogP contribution in [0.15, 0.2) is 0 Å². The highest BCUT2D eigenvalue weighted by atomic mass is 16.3. The smallest absolute Gasteiger partial charge is 0.136 e. The molecule has 2 aliphatic carbocycles. The van der Waals surface area contributed by atoms with Crippen LogP contribution < -0.4 is 0 Å². The predicted molar refractivity (Wildman–Crippen MR) is 88.6 cm³/mol. The molecule has 0 aliphatic heterocycles. The van der Waals surface area contributed by atoms with Crippen molar-refractivity contribution in [2.24, 2.45) is 17.8 Å². The molecule has 2 N–H and O–H groups in total. The quantitative estimate of drug-likeness (QED) is 0.570. The van der Waals surface area contributed by atoms with Crippen LogP contribution in [-0.4, -0.2) is 28.2 Å². The van der Waals surface area contributed by atoms with Gasteiger partial charge in [0, 0.05) is 12.3 Å². The minimum Gasteiger partial charge on any atom is -0.393 e. The first-order chi connectivity index (χ1) is 10.6. The first-order valence-electron chi connectivity index (χ1n) is 9.52. The molecule has 0 amide bonds. The van der Waals surface area contributed by atoms with Gasteiger partial charge in [0.15, 0.2) is 0 Å². The minimum absolute atomic E-state index is 0.139. The van der Waals surface area contributed by atoms with Gasteiger partial charge in [-0.2, -0.15) is 0 Å². The minimum atomic E-state index is -0.313. The summed E-state index contributed by atoms with van der Waals surface area (Å²) in [7, 11) is 0. The van der Waals surface area contributed by atoms with E-state index in [1.807, 2.05) is 0 Å². The molecule has 128 valence electrons. The Hall–Kier alpha value is -0.410. The summed E-state index contributed by atoms with van der Waals surface area (Å²) in [6.45, 7) is 2.24. The Labute approximate surface area is 135 Å². The van der Waals surface area contributed by atoms with Crippen LogP contribution in [0.4, 0.5) is 0 Å². The summed E-state index contributed by atoms with van der Waals surface area (Å²) in [4.78, 5) is 11.4. The van der Waals surface area contributed by atoms with Crippen LogP contribution in [-0.2, 0) is 4.79 Å². The highest BCUT2D eigenvalue weighted by molar-refractivity contribution is 5.88. The van der Waals surface area contributed by atoms with Gasteiger partial charge < -0.3 is 10.2 Å². The number of unbranched alkanes of at least 4 members (excludes halogenated alkanes) is 6. The fraction of sp³-hybridized carbons (Fsp3) is 0.947. The molecule has 0 saturated heterocycles. The molecular weight excluding hydrogens is 276 g/mol. The largest absolute Gasteiger partial charge is 0.393 e. The second-order valence-corrected chi connectivity index (χ2v) is 7.55. The third-order valence-electron chi connectivity index (χ3n) is 5.88. The topological polar surface area (TPSA) is 57.5 Å². The van der Waals surface area contributed by atoms with Crippen LogP contribution in [0.25, 0.3) is 0 Å². The Bertz CT molecular complexity index is 342. The Balaban J connectivity index is 1.51. The van der Waals surface area contributed by atoms with E-state index in [2.05, 4.69) is 6.92 Å². The zero-order chi connectivity index (χ0) is 15.9. The maximum absolute atomic E-state index is 11.4. The number of carbonyl (C=O) groups excluding carboxylic acids is 1. The van der Waals surface area contributed by atoms with Crippen molar-refractivity contribution >= 4 is 5.78 Å².